The van der Waals surface area contributed by atoms with E-state index >= 15 is 0 Å². The van der Waals surface area contributed by atoms with Gasteiger partial charge < -0.3 is 10.5 Å². The van der Waals surface area contributed by atoms with Crippen molar-refractivity contribution in [3.05, 3.63) is 35.4 Å². The van der Waals surface area contributed by atoms with Gasteiger partial charge in [-0.1, -0.05) is 6.07 Å². The Kier molecular flexibility index (Phi) is 4.18. The second-order valence-electron chi connectivity index (χ2n) is 5.47. The molecule has 1 fully saturated rings. The molecule has 1 aromatic carbocycles. The SMILES string of the molecule is CC1(C)CN(C(CN)c2c(F)cccc2F)CCO1. The standard InChI is InChI=1S/C14H20F2N2O/c1-14(2)9-18(6-7-19-14)12(8-17)13-10(15)4-3-5-11(13)16/h3-5,12H,6-9,17H2,1-2H3. The van der Waals surface area contributed by atoms with Gasteiger partial charge in [0.05, 0.1) is 18.2 Å². The lowest BCUT2D eigenvalue weighted by atomic mass is 10.00. The van der Waals surface area contributed by atoms with Crippen LogP contribution in [-0.2, 0) is 4.74 Å². The van der Waals surface area contributed by atoms with Gasteiger partial charge in [-0.15, -0.1) is 0 Å². The van der Waals surface area contributed by atoms with Crippen molar-refractivity contribution in [2.45, 2.75) is 25.5 Å². The molecule has 0 saturated carbocycles. The number of hydrogen-bond donors (Lipinski definition) is 1. The molecule has 5 heteroatoms. The Hall–Kier alpha value is -1.04. The summed E-state index contributed by atoms with van der Waals surface area (Å²) in [4.78, 5) is 1.99. The lowest BCUT2D eigenvalue weighted by Gasteiger charge is -2.42. The Morgan fingerprint density at radius 2 is 2.00 bits per heavy atom. The Bertz CT molecular complexity index is 431. The molecule has 0 aromatic heterocycles. The van der Waals surface area contributed by atoms with Crippen molar-refractivity contribution in [3.8, 4) is 0 Å². The molecule has 1 aromatic rings. The average Bonchev–Trinajstić information content (AvgIpc) is 2.32. The minimum absolute atomic E-state index is 0.0581. The molecule has 19 heavy (non-hydrogen) atoms. The summed E-state index contributed by atoms with van der Waals surface area (Å²) in [5.74, 6) is -1.08. The van der Waals surface area contributed by atoms with Crippen LogP contribution in [0.2, 0.25) is 0 Å². The second kappa shape index (κ2) is 5.53. The summed E-state index contributed by atoms with van der Waals surface area (Å²) < 4.78 is 33.4. The minimum atomic E-state index is -0.542. The van der Waals surface area contributed by atoms with E-state index in [1.165, 1.54) is 18.2 Å². The van der Waals surface area contributed by atoms with Crippen molar-refractivity contribution in [1.29, 1.82) is 0 Å². The monoisotopic (exact) mass is 270 g/mol. The zero-order chi connectivity index (χ0) is 14.0. The molecular weight excluding hydrogens is 250 g/mol. The molecule has 0 spiro atoms. The van der Waals surface area contributed by atoms with E-state index in [1.807, 2.05) is 18.7 Å². The van der Waals surface area contributed by atoms with Crippen molar-refractivity contribution < 1.29 is 13.5 Å². The molecule has 0 aliphatic carbocycles. The predicted octanol–water partition coefficient (Wildman–Crippen LogP) is 2.08. The van der Waals surface area contributed by atoms with Crippen LogP contribution in [0.15, 0.2) is 18.2 Å². The van der Waals surface area contributed by atoms with Gasteiger partial charge in [-0.2, -0.15) is 0 Å². The fourth-order valence-electron chi connectivity index (χ4n) is 2.60. The van der Waals surface area contributed by atoms with Gasteiger partial charge in [0.15, 0.2) is 0 Å². The Morgan fingerprint density at radius 3 is 2.53 bits per heavy atom. The zero-order valence-corrected chi connectivity index (χ0v) is 11.3. The van der Waals surface area contributed by atoms with E-state index in [2.05, 4.69) is 0 Å². The first-order valence-electron chi connectivity index (χ1n) is 6.46. The summed E-state index contributed by atoms with van der Waals surface area (Å²) in [6.07, 6.45) is 0. The number of ether oxygens (including phenoxy) is 1. The van der Waals surface area contributed by atoms with E-state index in [0.717, 1.165) is 0 Å². The highest BCUT2D eigenvalue weighted by atomic mass is 19.1. The van der Waals surface area contributed by atoms with Crippen molar-refractivity contribution in [3.63, 3.8) is 0 Å². The number of rotatable bonds is 3. The molecule has 3 nitrogen and oxygen atoms in total. The average molecular weight is 270 g/mol. The fourth-order valence-corrected chi connectivity index (χ4v) is 2.60. The molecule has 2 rings (SSSR count). The Morgan fingerprint density at radius 1 is 1.37 bits per heavy atom. The lowest BCUT2D eigenvalue weighted by molar-refractivity contribution is -0.0973. The smallest absolute Gasteiger partial charge is 0.130 e. The van der Waals surface area contributed by atoms with Gasteiger partial charge in [0.2, 0.25) is 0 Å². The molecule has 1 atom stereocenters. The Labute approximate surface area is 112 Å². The summed E-state index contributed by atoms with van der Waals surface area (Å²) in [5, 5.41) is 0. The maximum absolute atomic E-state index is 13.9. The van der Waals surface area contributed by atoms with Crippen molar-refractivity contribution in [2.75, 3.05) is 26.2 Å². The van der Waals surface area contributed by atoms with Gasteiger partial charge in [0.1, 0.15) is 11.6 Å². The molecule has 1 heterocycles. The first-order chi connectivity index (χ1) is 8.94. The summed E-state index contributed by atoms with van der Waals surface area (Å²) in [6.45, 7) is 5.87. The normalized spacial score (nSPS) is 21.3. The molecule has 1 saturated heterocycles. The fraction of sp³-hybridized carbons (Fsp3) is 0.571. The van der Waals surface area contributed by atoms with Crippen LogP contribution >= 0.6 is 0 Å². The van der Waals surface area contributed by atoms with Gasteiger partial charge in [-0.05, 0) is 26.0 Å². The second-order valence-corrected chi connectivity index (χ2v) is 5.47. The van der Waals surface area contributed by atoms with E-state index in [4.69, 9.17) is 10.5 Å². The van der Waals surface area contributed by atoms with Crippen LogP contribution in [0, 0.1) is 11.6 Å². The zero-order valence-electron chi connectivity index (χ0n) is 11.3. The molecule has 2 N–H and O–H groups in total. The van der Waals surface area contributed by atoms with Gasteiger partial charge in [0.25, 0.3) is 0 Å². The molecule has 0 amide bonds. The topological polar surface area (TPSA) is 38.5 Å². The summed E-state index contributed by atoms with van der Waals surface area (Å²) >= 11 is 0. The predicted molar refractivity (Wildman–Crippen MR) is 69.8 cm³/mol. The van der Waals surface area contributed by atoms with E-state index in [9.17, 15) is 8.78 Å². The molecule has 0 radical (unpaired) electrons. The Balaban J connectivity index is 2.29. The molecule has 1 aliphatic rings. The number of halogens is 2. The summed E-state index contributed by atoms with van der Waals surface area (Å²) in [5.41, 5.74) is 5.48. The van der Waals surface area contributed by atoms with Gasteiger partial charge in [-0.3, -0.25) is 4.90 Å². The van der Waals surface area contributed by atoms with Crippen LogP contribution in [0.1, 0.15) is 25.5 Å². The van der Waals surface area contributed by atoms with Crippen LogP contribution in [0.4, 0.5) is 8.78 Å². The van der Waals surface area contributed by atoms with Gasteiger partial charge in [0, 0.05) is 25.2 Å². The highest BCUT2D eigenvalue weighted by Crippen LogP contribution is 2.29. The van der Waals surface area contributed by atoms with Crippen molar-refractivity contribution in [1.82, 2.24) is 4.90 Å². The van der Waals surface area contributed by atoms with Crippen LogP contribution in [0.5, 0.6) is 0 Å². The highest BCUT2D eigenvalue weighted by Gasteiger charge is 2.33. The lowest BCUT2D eigenvalue weighted by Crippen LogP contribution is -2.51. The number of nitrogens with zero attached hydrogens (tertiary/aromatic N) is 1. The first kappa shape index (κ1) is 14.4. The van der Waals surface area contributed by atoms with Crippen LogP contribution < -0.4 is 5.73 Å². The van der Waals surface area contributed by atoms with Crippen molar-refractivity contribution in [2.24, 2.45) is 5.73 Å². The van der Waals surface area contributed by atoms with E-state index in [0.29, 0.717) is 19.7 Å². The highest BCUT2D eigenvalue weighted by molar-refractivity contribution is 5.24. The van der Waals surface area contributed by atoms with Crippen molar-refractivity contribution >= 4 is 0 Å². The van der Waals surface area contributed by atoms with Crippen LogP contribution in [0.3, 0.4) is 0 Å². The number of morpholine rings is 1. The maximum atomic E-state index is 13.9. The minimum Gasteiger partial charge on any atom is -0.373 e. The number of hydrogen-bond acceptors (Lipinski definition) is 3. The summed E-state index contributed by atoms with van der Waals surface area (Å²) in [6, 6.07) is 3.45. The third kappa shape index (κ3) is 3.11. The van der Waals surface area contributed by atoms with E-state index in [1.54, 1.807) is 0 Å². The third-order valence-corrected chi connectivity index (χ3v) is 3.45. The van der Waals surface area contributed by atoms with Crippen LogP contribution in [0.25, 0.3) is 0 Å². The van der Waals surface area contributed by atoms with Crippen LogP contribution in [-0.4, -0.2) is 36.7 Å². The molecule has 1 unspecified atom stereocenters. The molecule has 106 valence electrons. The first-order valence-corrected chi connectivity index (χ1v) is 6.46. The van der Waals surface area contributed by atoms with Gasteiger partial charge in [-0.25, -0.2) is 8.78 Å². The van der Waals surface area contributed by atoms with E-state index in [-0.39, 0.29) is 17.7 Å². The third-order valence-electron chi connectivity index (χ3n) is 3.45. The maximum Gasteiger partial charge on any atom is 0.130 e. The molecule has 1 aliphatic heterocycles. The van der Waals surface area contributed by atoms with Gasteiger partial charge >= 0.3 is 0 Å². The molecular formula is C14H20F2N2O. The summed E-state index contributed by atoms with van der Waals surface area (Å²) in [7, 11) is 0. The quantitative estimate of drug-likeness (QED) is 0.914. The largest absolute Gasteiger partial charge is 0.373 e. The number of benzene rings is 1. The molecule has 0 bridgehead atoms. The van der Waals surface area contributed by atoms with E-state index < -0.39 is 17.7 Å². The number of nitrogens with two attached hydrogens (primary N) is 1.